The van der Waals surface area contributed by atoms with Gasteiger partial charge in [0.05, 0.1) is 0 Å². The van der Waals surface area contributed by atoms with Crippen molar-refractivity contribution in [3.63, 3.8) is 0 Å². The maximum atomic E-state index is 0. The molecular formula is Ag2CdO2. The summed E-state index contributed by atoms with van der Waals surface area (Å²) in [6, 6.07) is 0. The Bertz CT molecular complexity index is 7.61. The fourth-order valence-corrected chi connectivity index (χ4v) is 0. The van der Waals surface area contributed by atoms with E-state index in [4.69, 9.17) is 0 Å². The first-order chi connectivity index (χ1) is 0. The van der Waals surface area contributed by atoms with E-state index in [2.05, 4.69) is 0 Å². The molecule has 0 aromatic carbocycles. The van der Waals surface area contributed by atoms with Gasteiger partial charge in [-0.2, -0.15) is 0 Å². The molecular weight excluding hydrogens is 360 g/mol. The van der Waals surface area contributed by atoms with E-state index >= 15 is 0 Å². The first kappa shape index (κ1) is 54.3. The summed E-state index contributed by atoms with van der Waals surface area (Å²) in [6.45, 7) is 0. The third-order valence-corrected chi connectivity index (χ3v) is 0. The Kier molecular flexibility index (Phi) is 360. The molecule has 0 radical (unpaired) electrons. The molecule has 0 aromatic rings. The van der Waals surface area contributed by atoms with Crippen LogP contribution in [0.1, 0.15) is 0 Å². The zero-order chi connectivity index (χ0) is 0. The minimum Gasteiger partial charge on any atom is -2.00 e. The van der Waals surface area contributed by atoms with Gasteiger partial charge in [-0.15, -0.1) is 0 Å². The molecule has 0 saturated heterocycles. The number of rotatable bonds is 0. The Morgan fingerprint density at radius 1 is 0.600 bits per heavy atom. The summed E-state index contributed by atoms with van der Waals surface area (Å²) in [6.07, 6.45) is 0. The van der Waals surface area contributed by atoms with Crippen LogP contribution in [0.5, 0.6) is 0 Å². The molecule has 0 atom stereocenters. The predicted octanol–water partition coefficient (Wildman–Crippen LogP) is -0.245. The Labute approximate surface area is 81.9 Å². The Balaban J connectivity index is 0. The van der Waals surface area contributed by atoms with Crippen LogP contribution >= 0.6 is 0 Å². The van der Waals surface area contributed by atoms with Gasteiger partial charge in [0.2, 0.25) is 0 Å². The van der Waals surface area contributed by atoms with Gasteiger partial charge >= 0.3 is 72.1 Å². The molecule has 0 aromatic heterocycles. The zero-order valence-electron chi connectivity index (χ0n) is 2.13. The first-order valence-corrected chi connectivity index (χ1v) is 0. The summed E-state index contributed by atoms with van der Waals surface area (Å²) in [5.74, 6) is 0. The fourth-order valence-electron chi connectivity index (χ4n) is 0. The molecule has 5 heavy (non-hydrogen) atoms. The zero-order valence-corrected chi connectivity index (χ0v) is 9.13. The van der Waals surface area contributed by atoms with Crippen LogP contribution in [0.3, 0.4) is 0 Å². The molecule has 0 unspecified atom stereocenters. The topological polar surface area (TPSA) is 57.0 Å². The van der Waals surface area contributed by atoms with Crippen molar-refractivity contribution in [3.8, 4) is 0 Å². The van der Waals surface area contributed by atoms with Crippen LogP contribution in [-0.4, -0.2) is 0 Å². The molecule has 0 amide bonds. The second-order valence-electron chi connectivity index (χ2n) is 0. The Morgan fingerprint density at radius 3 is 0.600 bits per heavy atom. The summed E-state index contributed by atoms with van der Waals surface area (Å²) < 4.78 is 0. The van der Waals surface area contributed by atoms with Crippen molar-refractivity contribution in [2.75, 3.05) is 0 Å². The molecule has 0 N–H and O–H groups in total. The van der Waals surface area contributed by atoms with E-state index in [1.54, 1.807) is 0 Å². The molecule has 0 aliphatic carbocycles. The van der Waals surface area contributed by atoms with Crippen LogP contribution in [0, 0.1) is 0 Å². The van der Waals surface area contributed by atoms with Gasteiger partial charge in [0.15, 0.2) is 0 Å². The molecule has 0 aliphatic heterocycles. The van der Waals surface area contributed by atoms with E-state index in [-0.39, 0.29) is 83.0 Å². The monoisotopic (exact) mass is 360 g/mol. The van der Waals surface area contributed by atoms with Crippen LogP contribution in [0.2, 0.25) is 0 Å². The van der Waals surface area contributed by atoms with Crippen molar-refractivity contribution < 1.29 is 83.0 Å². The van der Waals surface area contributed by atoms with Gasteiger partial charge < -0.3 is 11.0 Å². The third kappa shape index (κ3) is 21.9. The second kappa shape index (κ2) is 33.2. The second-order valence-corrected chi connectivity index (χ2v) is 0. The van der Waals surface area contributed by atoms with Crippen molar-refractivity contribution in [1.82, 2.24) is 0 Å². The van der Waals surface area contributed by atoms with E-state index in [1.165, 1.54) is 0 Å². The molecule has 5 heteroatoms. The summed E-state index contributed by atoms with van der Waals surface area (Å²) >= 11 is 0. The molecule has 0 fully saturated rings. The van der Waals surface area contributed by atoms with E-state index in [0.717, 1.165) is 0 Å². The quantitative estimate of drug-likeness (QED) is 0.536. The SMILES string of the molecule is [Ag+].[Ag+].[Cd+2].[O-2].[O-2]. The van der Waals surface area contributed by atoms with Crippen LogP contribution < -0.4 is 0 Å². The molecule has 0 aliphatic rings. The van der Waals surface area contributed by atoms with Crippen molar-refractivity contribution >= 4 is 0 Å². The predicted molar refractivity (Wildman–Crippen MR) is 1.37 cm³/mol. The van der Waals surface area contributed by atoms with Crippen molar-refractivity contribution in [2.24, 2.45) is 0 Å². The van der Waals surface area contributed by atoms with Gasteiger partial charge in [0.1, 0.15) is 0 Å². The summed E-state index contributed by atoms with van der Waals surface area (Å²) in [5.41, 5.74) is 0. The van der Waals surface area contributed by atoms with Gasteiger partial charge in [-0.1, -0.05) is 0 Å². The fraction of sp³-hybridized carbons (Fsp3) is 0. The summed E-state index contributed by atoms with van der Waals surface area (Å²) in [7, 11) is 0. The molecule has 0 bridgehead atoms. The molecule has 0 saturated carbocycles. The number of hydrogen-bond acceptors (Lipinski definition) is 0. The Morgan fingerprint density at radius 2 is 0.600 bits per heavy atom. The average molecular weight is 360 g/mol. The normalized spacial score (nSPS) is 0. The van der Waals surface area contributed by atoms with Gasteiger partial charge in [-0.25, -0.2) is 0 Å². The molecule has 0 rings (SSSR count). The molecule has 36 valence electrons. The van der Waals surface area contributed by atoms with Crippen LogP contribution in [0.25, 0.3) is 0 Å². The molecule has 0 spiro atoms. The first-order valence-electron chi connectivity index (χ1n) is 0. The Hall–Kier alpha value is 2.32. The van der Waals surface area contributed by atoms with Crippen LogP contribution in [0.15, 0.2) is 0 Å². The van der Waals surface area contributed by atoms with Gasteiger partial charge in [-0.3, -0.25) is 0 Å². The van der Waals surface area contributed by atoms with Crippen molar-refractivity contribution in [2.45, 2.75) is 0 Å². The van der Waals surface area contributed by atoms with E-state index < -0.39 is 0 Å². The minimum absolute atomic E-state index is 0. The minimum atomic E-state index is 0. The van der Waals surface area contributed by atoms with Crippen LogP contribution in [0.4, 0.5) is 0 Å². The smallest absolute Gasteiger partial charge is 2.00 e. The van der Waals surface area contributed by atoms with Gasteiger partial charge in [-0.05, 0) is 0 Å². The van der Waals surface area contributed by atoms with Gasteiger partial charge in [0.25, 0.3) is 0 Å². The van der Waals surface area contributed by atoms with E-state index in [0.29, 0.717) is 0 Å². The molecule has 2 nitrogen and oxygen atoms in total. The van der Waals surface area contributed by atoms with Crippen molar-refractivity contribution in [1.29, 1.82) is 0 Å². The maximum Gasteiger partial charge on any atom is 2.00 e. The van der Waals surface area contributed by atoms with Crippen LogP contribution in [-0.2, 0) is 83.0 Å². The number of hydrogen-bond donors (Lipinski definition) is 0. The maximum absolute atomic E-state index is 0. The van der Waals surface area contributed by atoms with E-state index in [1.807, 2.05) is 0 Å². The largest absolute Gasteiger partial charge is 2.00 e. The van der Waals surface area contributed by atoms with E-state index in [9.17, 15) is 0 Å². The summed E-state index contributed by atoms with van der Waals surface area (Å²) in [5, 5.41) is 0. The third-order valence-electron chi connectivity index (χ3n) is 0. The standard InChI is InChI=1S/2Ag.Cd.2O/q2*+1;+2;2*-2. The summed E-state index contributed by atoms with van der Waals surface area (Å²) in [4.78, 5) is 0. The van der Waals surface area contributed by atoms with Gasteiger partial charge in [0, 0.05) is 0 Å². The van der Waals surface area contributed by atoms with Crippen molar-refractivity contribution in [3.05, 3.63) is 0 Å². The molecule has 0 heterocycles. The average Bonchev–Trinajstić information content (AvgIpc) is 0.